The van der Waals surface area contributed by atoms with Gasteiger partial charge in [-0.1, -0.05) is 13.0 Å². The highest BCUT2D eigenvalue weighted by Gasteiger charge is 2.29. The number of aliphatic hydroxyl groups excluding tert-OH is 4. The molecular weight excluding hydrogens is 226 g/mol. The predicted molar refractivity (Wildman–Crippen MR) is 62.1 cm³/mol. The molecule has 4 unspecified atom stereocenters. The molecule has 6 heteroatoms. The Morgan fingerprint density at radius 1 is 1.35 bits per heavy atom. The molecule has 0 saturated carbocycles. The maximum absolute atomic E-state index is 11.0. The lowest BCUT2D eigenvalue weighted by Gasteiger charge is -2.27. The molecule has 0 heterocycles. The number of nitrogens with one attached hydrogen (secondary N) is 1. The summed E-state index contributed by atoms with van der Waals surface area (Å²) in [7, 11) is 0. The normalized spacial score (nSPS) is 17.9. The summed E-state index contributed by atoms with van der Waals surface area (Å²) in [4.78, 5) is 11.0. The zero-order valence-corrected chi connectivity index (χ0v) is 9.91. The highest BCUT2D eigenvalue weighted by atomic mass is 16.4. The molecule has 17 heavy (non-hydrogen) atoms. The van der Waals surface area contributed by atoms with Crippen LogP contribution in [0.5, 0.6) is 0 Å². The summed E-state index contributed by atoms with van der Waals surface area (Å²) in [5.41, 5.74) is 0. The molecule has 0 saturated heterocycles. The highest BCUT2D eigenvalue weighted by molar-refractivity contribution is 5.75. The zero-order valence-electron chi connectivity index (χ0n) is 9.91. The first kappa shape index (κ1) is 16.1. The van der Waals surface area contributed by atoms with Crippen LogP contribution in [-0.4, -0.2) is 57.8 Å². The summed E-state index contributed by atoms with van der Waals surface area (Å²) in [6, 6.07) is 0. The standard InChI is InChI=1S/C11H21NO5/c1-3-7(5-12-9(15)4-2)10(16)11(17)8(14)6-13/h3,7-8,10-11,13-14,16-17H,1,4-6H2,2H3,(H,12,15). The first-order chi connectivity index (χ1) is 7.97. The van der Waals surface area contributed by atoms with Crippen LogP contribution in [0.15, 0.2) is 12.7 Å². The van der Waals surface area contributed by atoms with Crippen molar-refractivity contribution in [3.8, 4) is 0 Å². The van der Waals surface area contributed by atoms with E-state index in [2.05, 4.69) is 11.9 Å². The van der Waals surface area contributed by atoms with E-state index in [4.69, 9.17) is 5.11 Å². The van der Waals surface area contributed by atoms with E-state index in [0.29, 0.717) is 6.42 Å². The van der Waals surface area contributed by atoms with Gasteiger partial charge in [-0.25, -0.2) is 0 Å². The summed E-state index contributed by atoms with van der Waals surface area (Å²) >= 11 is 0. The topological polar surface area (TPSA) is 110 Å². The fraction of sp³-hybridized carbons (Fsp3) is 0.727. The lowest BCUT2D eigenvalue weighted by atomic mass is 9.95. The van der Waals surface area contributed by atoms with E-state index in [1.165, 1.54) is 6.08 Å². The largest absolute Gasteiger partial charge is 0.394 e. The van der Waals surface area contributed by atoms with Gasteiger partial charge in [0.05, 0.1) is 12.7 Å². The van der Waals surface area contributed by atoms with Crippen LogP contribution in [0.3, 0.4) is 0 Å². The van der Waals surface area contributed by atoms with Gasteiger partial charge in [0.2, 0.25) is 5.91 Å². The summed E-state index contributed by atoms with van der Waals surface area (Å²) in [6.07, 6.45) is -2.50. The van der Waals surface area contributed by atoms with Crippen molar-refractivity contribution in [2.24, 2.45) is 5.92 Å². The zero-order chi connectivity index (χ0) is 13.4. The van der Waals surface area contributed by atoms with Crippen LogP contribution < -0.4 is 5.32 Å². The van der Waals surface area contributed by atoms with E-state index in [1.54, 1.807) is 6.92 Å². The molecule has 0 spiro atoms. The van der Waals surface area contributed by atoms with Gasteiger partial charge in [-0.3, -0.25) is 4.79 Å². The van der Waals surface area contributed by atoms with Crippen LogP contribution in [0.25, 0.3) is 0 Å². The quantitative estimate of drug-likeness (QED) is 0.331. The van der Waals surface area contributed by atoms with E-state index in [9.17, 15) is 20.1 Å². The number of hydrogen-bond acceptors (Lipinski definition) is 5. The van der Waals surface area contributed by atoms with Gasteiger partial charge in [-0.15, -0.1) is 6.58 Å². The van der Waals surface area contributed by atoms with E-state index < -0.39 is 30.8 Å². The minimum Gasteiger partial charge on any atom is -0.394 e. The molecule has 0 bridgehead atoms. The third kappa shape index (κ3) is 5.27. The smallest absolute Gasteiger partial charge is 0.219 e. The summed E-state index contributed by atoms with van der Waals surface area (Å²) in [5.74, 6) is -0.775. The first-order valence-corrected chi connectivity index (χ1v) is 5.52. The van der Waals surface area contributed by atoms with Crippen LogP contribution in [0, 0.1) is 5.92 Å². The van der Waals surface area contributed by atoms with Gasteiger partial charge in [0.1, 0.15) is 12.2 Å². The molecule has 0 aromatic heterocycles. The van der Waals surface area contributed by atoms with E-state index in [-0.39, 0.29) is 12.5 Å². The predicted octanol–water partition coefficient (Wildman–Crippen LogP) is -1.61. The van der Waals surface area contributed by atoms with Crippen molar-refractivity contribution >= 4 is 5.91 Å². The number of amides is 1. The van der Waals surface area contributed by atoms with Gasteiger partial charge in [0, 0.05) is 18.9 Å². The Morgan fingerprint density at radius 3 is 2.35 bits per heavy atom. The molecule has 5 N–H and O–H groups in total. The number of aliphatic hydroxyl groups is 4. The third-order valence-corrected chi connectivity index (χ3v) is 2.53. The van der Waals surface area contributed by atoms with Crippen LogP contribution in [0.4, 0.5) is 0 Å². The first-order valence-electron chi connectivity index (χ1n) is 5.52. The monoisotopic (exact) mass is 247 g/mol. The molecule has 0 rings (SSSR count). The number of carbonyl (C=O) groups is 1. The van der Waals surface area contributed by atoms with E-state index in [0.717, 1.165) is 0 Å². The van der Waals surface area contributed by atoms with Crippen molar-refractivity contribution in [3.05, 3.63) is 12.7 Å². The van der Waals surface area contributed by atoms with Gasteiger partial charge < -0.3 is 25.7 Å². The van der Waals surface area contributed by atoms with Crippen molar-refractivity contribution < 1.29 is 25.2 Å². The van der Waals surface area contributed by atoms with Crippen molar-refractivity contribution in [3.63, 3.8) is 0 Å². The second kappa shape index (κ2) is 8.19. The highest BCUT2D eigenvalue weighted by Crippen LogP contribution is 2.11. The van der Waals surface area contributed by atoms with Gasteiger partial charge >= 0.3 is 0 Å². The average molecular weight is 247 g/mol. The molecule has 0 aliphatic rings. The Labute approximate surface area is 101 Å². The minimum absolute atomic E-state index is 0.118. The summed E-state index contributed by atoms with van der Waals surface area (Å²) in [6.45, 7) is 4.65. The molecule has 0 aliphatic heterocycles. The fourth-order valence-electron chi connectivity index (χ4n) is 1.29. The second-order valence-corrected chi connectivity index (χ2v) is 3.79. The Balaban J connectivity index is 4.34. The lowest BCUT2D eigenvalue weighted by Crippen LogP contribution is -2.46. The van der Waals surface area contributed by atoms with E-state index >= 15 is 0 Å². The maximum atomic E-state index is 11.0. The minimum atomic E-state index is -1.48. The van der Waals surface area contributed by atoms with Crippen LogP contribution in [0.2, 0.25) is 0 Å². The van der Waals surface area contributed by atoms with Gasteiger partial charge in [-0.05, 0) is 0 Å². The fourth-order valence-corrected chi connectivity index (χ4v) is 1.29. The Bertz CT molecular complexity index is 246. The molecule has 6 nitrogen and oxygen atoms in total. The number of rotatable bonds is 8. The van der Waals surface area contributed by atoms with Crippen molar-refractivity contribution in [1.29, 1.82) is 0 Å². The summed E-state index contributed by atoms with van der Waals surface area (Å²) < 4.78 is 0. The molecule has 4 atom stereocenters. The summed E-state index contributed by atoms with van der Waals surface area (Å²) in [5, 5.41) is 39.6. The van der Waals surface area contributed by atoms with Crippen molar-refractivity contribution in [2.45, 2.75) is 31.7 Å². The van der Waals surface area contributed by atoms with Crippen LogP contribution >= 0.6 is 0 Å². The second-order valence-electron chi connectivity index (χ2n) is 3.79. The van der Waals surface area contributed by atoms with Gasteiger partial charge in [0.15, 0.2) is 0 Å². The van der Waals surface area contributed by atoms with Crippen LogP contribution in [-0.2, 0) is 4.79 Å². The number of carbonyl (C=O) groups excluding carboxylic acids is 1. The molecule has 0 radical (unpaired) electrons. The molecule has 0 fully saturated rings. The molecule has 0 aliphatic carbocycles. The number of hydrogen-bond donors (Lipinski definition) is 5. The van der Waals surface area contributed by atoms with Gasteiger partial charge in [-0.2, -0.15) is 0 Å². The van der Waals surface area contributed by atoms with Crippen molar-refractivity contribution in [2.75, 3.05) is 13.2 Å². The van der Waals surface area contributed by atoms with Crippen molar-refractivity contribution in [1.82, 2.24) is 5.32 Å². The average Bonchev–Trinajstić information content (AvgIpc) is 2.36. The molecule has 100 valence electrons. The SMILES string of the molecule is C=CC(CNC(=O)CC)C(O)C(O)C(O)CO. The van der Waals surface area contributed by atoms with Gasteiger partial charge in [0.25, 0.3) is 0 Å². The third-order valence-electron chi connectivity index (χ3n) is 2.53. The lowest BCUT2D eigenvalue weighted by molar-refractivity contribution is -0.121. The molecule has 1 amide bonds. The maximum Gasteiger partial charge on any atom is 0.219 e. The molecule has 0 aromatic rings. The van der Waals surface area contributed by atoms with E-state index in [1.807, 2.05) is 0 Å². The Kier molecular flexibility index (Phi) is 7.73. The Hall–Kier alpha value is -0.950. The molecule has 0 aromatic carbocycles. The Morgan fingerprint density at radius 2 is 1.94 bits per heavy atom. The van der Waals surface area contributed by atoms with Crippen LogP contribution in [0.1, 0.15) is 13.3 Å². The molecular formula is C11H21NO5.